The molecule has 0 aliphatic carbocycles. The smallest absolute Gasteiger partial charge is 0.265 e. The number of amides is 1. The molecule has 4 aromatic rings. The number of nitrogens with zero attached hydrogens (tertiary/aromatic N) is 1. The van der Waals surface area contributed by atoms with E-state index in [0.29, 0.717) is 28.6 Å². The molecule has 0 bridgehead atoms. The highest BCUT2D eigenvalue weighted by molar-refractivity contribution is 6.30. The summed E-state index contributed by atoms with van der Waals surface area (Å²) in [4.78, 5) is 17.1. The summed E-state index contributed by atoms with van der Waals surface area (Å²) in [6.07, 6.45) is 1.49. The van der Waals surface area contributed by atoms with E-state index in [1.807, 2.05) is 42.5 Å². The summed E-state index contributed by atoms with van der Waals surface area (Å²) < 4.78 is 6.06. The predicted octanol–water partition coefficient (Wildman–Crippen LogP) is 6.06. The molecule has 0 heterocycles. The molecule has 0 radical (unpaired) electrons. The lowest BCUT2D eigenvalue weighted by atomic mass is 10.1. The van der Waals surface area contributed by atoms with Gasteiger partial charge in [-0.15, -0.1) is 0 Å². The number of rotatable bonds is 8. The number of oxime groups is 1. The summed E-state index contributed by atoms with van der Waals surface area (Å²) in [6, 6.07) is 28.7. The van der Waals surface area contributed by atoms with Crippen LogP contribution in [0.5, 0.6) is 5.75 Å². The molecule has 0 saturated carbocycles. The highest BCUT2D eigenvalue weighted by Crippen LogP contribution is 2.25. The fourth-order valence-electron chi connectivity index (χ4n) is 3.23. The monoisotopic (exact) mass is 444 g/mol. The molecule has 0 unspecified atom stereocenters. The minimum atomic E-state index is -0.299. The number of fused-ring (bicyclic) bond motifs is 1. The zero-order chi connectivity index (χ0) is 22.2. The number of carbonyl (C=O) groups is 1. The maximum Gasteiger partial charge on any atom is 0.265 e. The largest absolute Gasteiger partial charge is 0.488 e. The molecule has 0 atom stereocenters. The summed E-state index contributed by atoms with van der Waals surface area (Å²) in [6.45, 7) is 0.183. The molecule has 4 rings (SSSR count). The van der Waals surface area contributed by atoms with Crippen LogP contribution in [0.15, 0.2) is 96.2 Å². The van der Waals surface area contributed by atoms with Crippen molar-refractivity contribution in [3.05, 3.63) is 107 Å². The van der Waals surface area contributed by atoms with Gasteiger partial charge in [-0.25, -0.2) is 0 Å². The van der Waals surface area contributed by atoms with E-state index in [4.69, 9.17) is 21.2 Å². The van der Waals surface area contributed by atoms with Gasteiger partial charge in [-0.1, -0.05) is 77.4 Å². The summed E-state index contributed by atoms with van der Waals surface area (Å²) in [7, 11) is 0. The number of nitrogens with one attached hydrogen (secondary N) is 1. The van der Waals surface area contributed by atoms with Crippen molar-refractivity contribution in [3.8, 4) is 5.75 Å². The van der Waals surface area contributed by atoms with Gasteiger partial charge in [0.15, 0.2) is 6.61 Å². The minimum absolute atomic E-state index is 0.210. The van der Waals surface area contributed by atoms with Crippen LogP contribution in [-0.2, 0) is 16.2 Å². The average molecular weight is 445 g/mol. The number of ether oxygens (including phenoxy) is 1. The van der Waals surface area contributed by atoms with Gasteiger partial charge >= 0.3 is 0 Å². The second-order valence-electron chi connectivity index (χ2n) is 7.03. The number of para-hydroxylation sites is 1. The van der Waals surface area contributed by atoms with Crippen LogP contribution in [0.1, 0.15) is 11.1 Å². The fraction of sp³-hybridized carbons (Fsp3) is 0.0769. The highest BCUT2D eigenvalue weighted by atomic mass is 35.5. The number of carbonyl (C=O) groups excluding carboxylic acids is 1. The molecule has 0 saturated heterocycles. The maximum atomic E-state index is 12.0. The molecule has 0 aromatic heterocycles. The third kappa shape index (κ3) is 5.65. The molecular formula is C26H21ClN2O3. The van der Waals surface area contributed by atoms with Crippen LogP contribution >= 0.6 is 11.6 Å². The lowest BCUT2D eigenvalue weighted by Gasteiger charge is -2.11. The van der Waals surface area contributed by atoms with E-state index in [2.05, 4.69) is 28.7 Å². The van der Waals surface area contributed by atoms with Gasteiger partial charge in [0, 0.05) is 16.3 Å². The van der Waals surface area contributed by atoms with Gasteiger partial charge in [-0.05, 0) is 46.7 Å². The summed E-state index contributed by atoms with van der Waals surface area (Å²) in [5.41, 5.74) is 2.43. The van der Waals surface area contributed by atoms with Gasteiger partial charge in [0.1, 0.15) is 12.4 Å². The fourth-order valence-corrected chi connectivity index (χ4v) is 3.41. The SMILES string of the molecule is O=C(CO/N=C/c1cc(Cl)ccc1OCc1cccc2ccccc12)Nc1ccccc1. The van der Waals surface area contributed by atoms with Crippen molar-refractivity contribution >= 4 is 40.2 Å². The second-order valence-corrected chi connectivity index (χ2v) is 7.47. The number of halogens is 1. The molecule has 5 nitrogen and oxygen atoms in total. The average Bonchev–Trinajstić information content (AvgIpc) is 2.82. The van der Waals surface area contributed by atoms with E-state index in [1.165, 1.54) is 6.21 Å². The zero-order valence-corrected chi connectivity index (χ0v) is 18.0. The molecule has 32 heavy (non-hydrogen) atoms. The van der Waals surface area contributed by atoms with Gasteiger partial charge in [0.05, 0.1) is 6.21 Å². The van der Waals surface area contributed by atoms with E-state index in [9.17, 15) is 4.79 Å². The number of benzene rings is 4. The van der Waals surface area contributed by atoms with Crippen LogP contribution in [0.2, 0.25) is 5.02 Å². The van der Waals surface area contributed by atoms with Crippen LogP contribution in [0.25, 0.3) is 10.8 Å². The lowest BCUT2D eigenvalue weighted by Crippen LogP contribution is -2.16. The molecule has 0 aliphatic heterocycles. The van der Waals surface area contributed by atoms with Gasteiger partial charge in [0.2, 0.25) is 0 Å². The van der Waals surface area contributed by atoms with Crippen LogP contribution in [0.3, 0.4) is 0 Å². The molecule has 1 N–H and O–H groups in total. The van der Waals surface area contributed by atoms with E-state index in [1.54, 1.807) is 30.3 Å². The van der Waals surface area contributed by atoms with Gasteiger partial charge < -0.3 is 14.9 Å². The Morgan fingerprint density at radius 1 is 0.938 bits per heavy atom. The quantitative estimate of drug-likeness (QED) is 0.265. The van der Waals surface area contributed by atoms with Crippen molar-refractivity contribution in [1.82, 2.24) is 0 Å². The first-order chi connectivity index (χ1) is 15.7. The van der Waals surface area contributed by atoms with Crippen LogP contribution in [0.4, 0.5) is 5.69 Å². The molecule has 0 aliphatic rings. The predicted molar refractivity (Wildman–Crippen MR) is 128 cm³/mol. The second kappa shape index (κ2) is 10.5. The molecule has 0 spiro atoms. The number of hydrogen-bond donors (Lipinski definition) is 1. The normalized spacial score (nSPS) is 10.9. The Labute approximate surface area is 191 Å². The lowest BCUT2D eigenvalue weighted by molar-refractivity contribution is -0.120. The van der Waals surface area contributed by atoms with Crippen molar-refractivity contribution in [2.45, 2.75) is 6.61 Å². The third-order valence-corrected chi connectivity index (χ3v) is 4.99. The van der Waals surface area contributed by atoms with Gasteiger partial charge in [-0.2, -0.15) is 0 Å². The molecule has 6 heteroatoms. The van der Waals surface area contributed by atoms with Crippen LogP contribution < -0.4 is 10.1 Å². The molecule has 0 fully saturated rings. The molecule has 4 aromatic carbocycles. The Morgan fingerprint density at radius 3 is 2.59 bits per heavy atom. The van der Waals surface area contributed by atoms with Crippen molar-refractivity contribution < 1.29 is 14.4 Å². The third-order valence-electron chi connectivity index (χ3n) is 4.75. The summed E-state index contributed by atoms with van der Waals surface area (Å²) in [5.74, 6) is 0.315. The first-order valence-corrected chi connectivity index (χ1v) is 10.5. The van der Waals surface area contributed by atoms with Crippen molar-refractivity contribution in [2.75, 3.05) is 11.9 Å². The zero-order valence-electron chi connectivity index (χ0n) is 17.2. The van der Waals surface area contributed by atoms with E-state index in [-0.39, 0.29) is 12.5 Å². The number of hydrogen-bond acceptors (Lipinski definition) is 4. The standard InChI is InChI=1S/C26H21ClN2O3/c27-22-13-14-25(31-17-20-9-6-8-19-7-4-5-12-24(19)20)21(15-22)16-28-32-18-26(30)29-23-10-2-1-3-11-23/h1-16H,17-18H2,(H,29,30)/b28-16+. The van der Waals surface area contributed by atoms with Crippen molar-refractivity contribution in [2.24, 2.45) is 5.16 Å². The Kier molecular flexibility index (Phi) is 7.00. The van der Waals surface area contributed by atoms with Crippen molar-refractivity contribution in [3.63, 3.8) is 0 Å². The van der Waals surface area contributed by atoms with Gasteiger partial charge in [-0.3, -0.25) is 4.79 Å². The number of anilines is 1. The molecular weight excluding hydrogens is 424 g/mol. The highest BCUT2D eigenvalue weighted by Gasteiger charge is 2.07. The van der Waals surface area contributed by atoms with E-state index < -0.39 is 0 Å². The van der Waals surface area contributed by atoms with E-state index in [0.717, 1.165) is 16.3 Å². The molecule has 1 amide bonds. The maximum absolute atomic E-state index is 12.0. The van der Waals surface area contributed by atoms with Crippen molar-refractivity contribution in [1.29, 1.82) is 0 Å². The first-order valence-electron chi connectivity index (χ1n) is 10.1. The van der Waals surface area contributed by atoms with Gasteiger partial charge in [0.25, 0.3) is 5.91 Å². The Hall–Kier alpha value is -3.83. The topological polar surface area (TPSA) is 59.9 Å². The summed E-state index contributed by atoms with van der Waals surface area (Å²) in [5, 5.41) is 9.49. The minimum Gasteiger partial charge on any atom is -0.488 e. The van der Waals surface area contributed by atoms with Crippen LogP contribution in [0, 0.1) is 0 Å². The Balaban J connectivity index is 1.39. The molecule has 160 valence electrons. The Bertz CT molecular complexity index is 1240. The Morgan fingerprint density at radius 2 is 1.72 bits per heavy atom. The van der Waals surface area contributed by atoms with E-state index >= 15 is 0 Å². The first kappa shape index (κ1) is 21.4. The van der Waals surface area contributed by atoms with Crippen LogP contribution in [-0.4, -0.2) is 18.7 Å². The summed E-state index contributed by atoms with van der Waals surface area (Å²) >= 11 is 6.14.